The van der Waals surface area contributed by atoms with Gasteiger partial charge in [0.25, 0.3) is 10.0 Å². The summed E-state index contributed by atoms with van der Waals surface area (Å²) in [5.41, 5.74) is 0.621. The number of benzene rings is 3. The molecule has 0 saturated heterocycles. The normalized spacial score (nSPS) is 12.2. The molecule has 1 N–H and O–H groups in total. The van der Waals surface area contributed by atoms with E-state index < -0.39 is 34.4 Å². The van der Waals surface area contributed by atoms with Crippen LogP contribution in [0.1, 0.15) is 26.3 Å². The molecule has 39 heavy (non-hydrogen) atoms. The molecule has 3 rings (SSSR count). The minimum atomic E-state index is -4.24. The van der Waals surface area contributed by atoms with Crippen molar-refractivity contribution in [1.29, 1.82) is 0 Å². The van der Waals surface area contributed by atoms with E-state index in [2.05, 4.69) is 5.32 Å². The summed E-state index contributed by atoms with van der Waals surface area (Å²) in [7, 11) is -4.24. The van der Waals surface area contributed by atoms with Crippen molar-refractivity contribution >= 4 is 73.9 Å². The molecule has 3 aromatic carbocycles. The van der Waals surface area contributed by atoms with Gasteiger partial charge in [-0.05, 0) is 68.8 Å². The van der Waals surface area contributed by atoms with E-state index >= 15 is 0 Å². The highest BCUT2D eigenvalue weighted by atomic mass is 35.5. The molecule has 0 saturated carbocycles. The van der Waals surface area contributed by atoms with E-state index in [9.17, 15) is 18.0 Å². The first kappa shape index (κ1) is 31.0. The van der Waals surface area contributed by atoms with Gasteiger partial charge in [0.1, 0.15) is 12.6 Å². The predicted molar refractivity (Wildman–Crippen MR) is 157 cm³/mol. The van der Waals surface area contributed by atoms with Crippen molar-refractivity contribution in [3.63, 3.8) is 0 Å². The van der Waals surface area contributed by atoms with Gasteiger partial charge in [0, 0.05) is 32.7 Å². The van der Waals surface area contributed by atoms with E-state index in [0.717, 1.165) is 4.31 Å². The van der Waals surface area contributed by atoms with E-state index in [0.29, 0.717) is 15.6 Å². The Balaban J connectivity index is 2.07. The van der Waals surface area contributed by atoms with Crippen molar-refractivity contribution in [1.82, 2.24) is 10.2 Å². The molecule has 0 heterocycles. The fraction of sp³-hybridized carbons (Fsp3) is 0.259. The molecule has 0 aliphatic carbocycles. The second-order valence-electron chi connectivity index (χ2n) is 9.05. The Kier molecular flexibility index (Phi) is 10.5. The van der Waals surface area contributed by atoms with Crippen LogP contribution in [-0.2, 0) is 26.2 Å². The van der Waals surface area contributed by atoms with Crippen LogP contribution in [0.2, 0.25) is 20.1 Å². The molecule has 0 aromatic heterocycles. The molecule has 0 fully saturated rings. The number of hydrogen-bond donors (Lipinski definition) is 1. The van der Waals surface area contributed by atoms with Crippen LogP contribution >= 0.6 is 46.4 Å². The zero-order valence-corrected chi connectivity index (χ0v) is 25.2. The van der Waals surface area contributed by atoms with Crippen LogP contribution in [-0.4, -0.2) is 43.8 Å². The van der Waals surface area contributed by atoms with E-state index in [1.807, 2.05) is 0 Å². The van der Waals surface area contributed by atoms with Gasteiger partial charge in [0.2, 0.25) is 11.8 Å². The number of carbonyl (C=O) groups is 2. The number of carbonyl (C=O) groups excluding carboxylic acids is 2. The number of halogens is 4. The van der Waals surface area contributed by atoms with Gasteiger partial charge in [0.05, 0.1) is 10.6 Å². The number of nitrogens with one attached hydrogen (secondary N) is 1. The summed E-state index contributed by atoms with van der Waals surface area (Å²) in [5.74, 6) is -1.06. The van der Waals surface area contributed by atoms with Crippen molar-refractivity contribution in [3.8, 4) is 0 Å². The van der Waals surface area contributed by atoms with Crippen molar-refractivity contribution in [3.05, 3.63) is 92.4 Å². The Bertz CT molecular complexity index is 1430. The average molecular weight is 631 g/mol. The van der Waals surface area contributed by atoms with E-state index in [1.165, 1.54) is 41.3 Å². The van der Waals surface area contributed by atoms with Gasteiger partial charge in [-0.2, -0.15) is 0 Å². The van der Waals surface area contributed by atoms with Gasteiger partial charge in [0.15, 0.2) is 0 Å². The highest BCUT2D eigenvalue weighted by Gasteiger charge is 2.33. The number of anilines is 1. The van der Waals surface area contributed by atoms with Crippen LogP contribution in [0.15, 0.2) is 71.6 Å². The lowest BCUT2D eigenvalue weighted by Crippen LogP contribution is -2.52. The summed E-state index contributed by atoms with van der Waals surface area (Å²) < 4.78 is 28.5. The van der Waals surface area contributed by atoms with E-state index in [1.54, 1.807) is 51.1 Å². The van der Waals surface area contributed by atoms with Crippen LogP contribution in [0, 0.1) is 0 Å². The Morgan fingerprint density at radius 2 is 1.46 bits per heavy atom. The summed E-state index contributed by atoms with van der Waals surface area (Å²) in [6.45, 7) is 4.44. The topological polar surface area (TPSA) is 86.8 Å². The molecule has 0 aliphatic heterocycles. The number of amides is 2. The molecule has 0 aliphatic rings. The number of nitrogens with zero attached hydrogens (tertiary/aromatic N) is 2. The predicted octanol–water partition coefficient (Wildman–Crippen LogP) is 6.44. The fourth-order valence-electron chi connectivity index (χ4n) is 3.75. The summed E-state index contributed by atoms with van der Waals surface area (Å²) in [5, 5.41) is 3.87. The monoisotopic (exact) mass is 629 g/mol. The summed E-state index contributed by atoms with van der Waals surface area (Å²) >= 11 is 24.8. The quantitative estimate of drug-likeness (QED) is 0.279. The average Bonchev–Trinajstić information content (AvgIpc) is 2.85. The molecule has 1 unspecified atom stereocenters. The lowest BCUT2D eigenvalue weighted by molar-refractivity contribution is -0.139. The zero-order valence-electron chi connectivity index (χ0n) is 21.4. The first-order valence-electron chi connectivity index (χ1n) is 11.9. The van der Waals surface area contributed by atoms with Gasteiger partial charge in [-0.3, -0.25) is 13.9 Å². The van der Waals surface area contributed by atoms with Crippen molar-refractivity contribution < 1.29 is 18.0 Å². The first-order chi connectivity index (χ1) is 18.3. The molecule has 0 radical (unpaired) electrons. The molecule has 0 bridgehead atoms. The first-order valence-corrected chi connectivity index (χ1v) is 14.8. The molecule has 12 heteroatoms. The van der Waals surface area contributed by atoms with Gasteiger partial charge in [-0.25, -0.2) is 8.42 Å². The molecular formula is C27H27Cl4N3O4S. The lowest BCUT2D eigenvalue weighted by Gasteiger charge is -2.32. The molecular weight excluding hydrogens is 604 g/mol. The number of rotatable bonds is 10. The smallest absolute Gasteiger partial charge is 0.264 e. The molecule has 2 amide bonds. The minimum Gasteiger partial charge on any atom is -0.352 e. The maximum atomic E-state index is 13.9. The Labute approximate surface area is 248 Å². The van der Waals surface area contributed by atoms with Gasteiger partial charge in [-0.1, -0.05) is 70.7 Å². The molecule has 3 aromatic rings. The largest absolute Gasteiger partial charge is 0.352 e. The van der Waals surface area contributed by atoms with E-state index in [-0.39, 0.29) is 33.2 Å². The second-order valence-corrected chi connectivity index (χ2v) is 12.6. The van der Waals surface area contributed by atoms with Gasteiger partial charge in [-0.15, -0.1) is 0 Å². The lowest BCUT2D eigenvalue weighted by atomic mass is 10.1. The highest BCUT2D eigenvalue weighted by molar-refractivity contribution is 7.92. The zero-order chi connectivity index (χ0) is 28.9. The van der Waals surface area contributed by atoms with Gasteiger partial charge < -0.3 is 10.2 Å². The third-order valence-electron chi connectivity index (χ3n) is 5.70. The van der Waals surface area contributed by atoms with Crippen LogP contribution in [0.4, 0.5) is 5.69 Å². The van der Waals surface area contributed by atoms with Crippen LogP contribution in [0.25, 0.3) is 0 Å². The third-order valence-corrected chi connectivity index (χ3v) is 8.51. The third kappa shape index (κ3) is 8.02. The Hall–Kier alpha value is -2.49. The molecule has 208 valence electrons. The molecule has 1 atom stereocenters. The Morgan fingerprint density at radius 3 is 2.03 bits per heavy atom. The minimum absolute atomic E-state index is 0.0354. The summed E-state index contributed by atoms with van der Waals surface area (Å²) in [4.78, 5) is 28.1. The second kappa shape index (κ2) is 13.2. The summed E-state index contributed by atoms with van der Waals surface area (Å²) in [6, 6.07) is 15.6. The van der Waals surface area contributed by atoms with Crippen LogP contribution < -0.4 is 9.62 Å². The van der Waals surface area contributed by atoms with Crippen LogP contribution in [0.3, 0.4) is 0 Å². The van der Waals surface area contributed by atoms with Crippen molar-refractivity contribution in [2.24, 2.45) is 0 Å². The maximum absolute atomic E-state index is 13.9. The summed E-state index contributed by atoms with van der Waals surface area (Å²) in [6.07, 6.45) is 0. The van der Waals surface area contributed by atoms with E-state index in [4.69, 9.17) is 46.4 Å². The number of sulfonamides is 1. The SMILES string of the molecule is CC(C)NC(=O)C(C)N(Cc1ccc(Cl)cc1Cl)C(=O)CN(c1cc(Cl)cc(Cl)c1)S(=O)(=O)c1ccccc1. The standard InChI is InChI=1S/C27H27Cl4N3O4S/c1-17(2)32-27(36)18(3)33(15-19-9-10-20(28)14-25(19)31)26(35)16-34(23-12-21(29)11-22(30)13-23)39(37,38)24-7-5-4-6-8-24/h4-14,17-18H,15-16H2,1-3H3,(H,32,36). The molecule has 7 nitrogen and oxygen atoms in total. The van der Waals surface area contributed by atoms with Crippen molar-refractivity contribution in [2.45, 2.75) is 44.3 Å². The van der Waals surface area contributed by atoms with Crippen molar-refractivity contribution in [2.75, 3.05) is 10.8 Å². The highest BCUT2D eigenvalue weighted by Crippen LogP contribution is 2.30. The molecule has 0 spiro atoms. The van der Waals surface area contributed by atoms with Gasteiger partial charge >= 0.3 is 0 Å². The fourth-order valence-corrected chi connectivity index (χ4v) is 6.15. The van der Waals surface area contributed by atoms with Crippen LogP contribution in [0.5, 0.6) is 0 Å². The number of hydrogen-bond acceptors (Lipinski definition) is 4. The Morgan fingerprint density at radius 1 is 0.846 bits per heavy atom. The maximum Gasteiger partial charge on any atom is 0.264 e.